The summed E-state index contributed by atoms with van der Waals surface area (Å²) in [5.74, 6) is -0.994. The van der Waals surface area contributed by atoms with Crippen LogP contribution in [0.5, 0.6) is 0 Å². The summed E-state index contributed by atoms with van der Waals surface area (Å²) in [6.07, 6.45) is 1.75. The highest BCUT2D eigenvalue weighted by atomic mass is 32.2. The third-order valence-corrected chi connectivity index (χ3v) is 7.13. The van der Waals surface area contributed by atoms with Gasteiger partial charge >= 0.3 is 5.97 Å². The molecule has 1 aliphatic heterocycles. The van der Waals surface area contributed by atoms with Crippen molar-refractivity contribution in [1.29, 1.82) is 0 Å². The van der Waals surface area contributed by atoms with E-state index in [9.17, 15) is 18.0 Å². The molecule has 1 fully saturated rings. The molecule has 1 saturated heterocycles. The fourth-order valence-electron chi connectivity index (χ4n) is 3.48. The standard InChI is InChI=1S/C22H26N2O6S/c1-4-9-24-16(2)14-20(17(24)3)21(25)15-30-22(26)18-5-7-19(8-6-18)31(27,28)23-10-12-29-13-11-23/h4-8,14H,1,9-13,15H2,2-3H3. The number of morpholine rings is 1. The highest BCUT2D eigenvalue weighted by molar-refractivity contribution is 7.89. The molecule has 31 heavy (non-hydrogen) atoms. The van der Waals surface area contributed by atoms with Gasteiger partial charge in [0.1, 0.15) is 0 Å². The summed E-state index contributed by atoms with van der Waals surface area (Å²) in [5.41, 5.74) is 2.38. The lowest BCUT2D eigenvalue weighted by Gasteiger charge is -2.26. The fraction of sp³-hybridized carbons (Fsp3) is 0.364. The molecule has 0 N–H and O–H groups in total. The quantitative estimate of drug-likeness (QED) is 0.351. The van der Waals surface area contributed by atoms with Crippen LogP contribution < -0.4 is 0 Å². The normalized spacial score (nSPS) is 14.9. The molecule has 3 rings (SSSR count). The van der Waals surface area contributed by atoms with Gasteiger partial charge in [0.15, 0.2) is 6.61 Å². The lowest BCUT2D eigenvalue weighted by molar-refractivity contribution is 0.0474. The molecule has 1 aromatic heterocycles. The van der Waals surface area contributed by atoms with Crippen molar-refractivity contribution in [3.05, 3.63) is 65.5 Å². The van der Waals surface area contributed by atoms with Gasteiger partial charge in [-0.1, -0.05) is 6.08 Å². The largest absolute Gasteiger partial charge is 0.454 e. The summed E-state index contributed by atoms with van der Waals surface area (Å²) >= 11 is 0. The first-order chi connectivity index (χ1) is 14.8. The number of benzene rings is 1. The number of Topliss-reactive ketones (excluding diaryl/α,β-unsaturated/α-hetero) is 1. The van der Waals surface area contributed by atoms with Crippen LogP contribution in [0.2, 0.25) is 0 Å². The zero-order valence-corrected chi connectivity index (χ0v) is 18.5. The highest BCUT2D eigenvalue weighted by Gasteiger charge is 2.26. The number of carbonyl (C=O) groups excluding carboxylic acids is 2. The van der Waals surface area contributed by atoms with Crippen molar-refractivity contribution in [3.8, 4) is 0 Å². The van der Waals surface area contributed by atoms with Crippen molar-refractivity contribution in [2.75, 3.05) is 32.9 Å². The Morgan fingerprint density at radius 3 is 2.42 bits per heavy atom. The van der Waals surface area contributed by atoms with E-state index in [0.717, 1.165) is 11.4 Å². The molecule has 0 radical (unpaired) electrons. The molecule has 1 aromatic carbocycles. The number of hydrogen-bond acceptors (Lipinski definition) is 6. The minimum atomic E-state index is -3.64. The van der Waals surface area contributed by atoms with E-state index in [1.54, 1.807) is 12.1 Å². The number of rotatable bonds is 8. The van der Waals surface area contributed by atoms with E-state index in [-0.39, 0.29) is 16.2 Å². The molecule has 0 saturated carbocycles. The van der Waals surface area contributed by atoms with Crippen molar-refractivity contribution in [2.24, 2.45) is 0 Å². The van der Waals surface area contributed by atoms with Crippen LogP contribution in [0.25, 0.3) is 0 Å². The molecule has 2 heterocycles. The van der Waals surface area contributed by atoms with E-state index in [2.05, 4.69) is 6.58 Å². The molecular formula is C22H26N2O6S. The van der Waals surface area contributed by atoms with Crippen molar-refractivity contribution >= 4 is 21.8 Å². The van der Waals surface area contributed by atoms with Gasteiger partial charge in [-0.2, -0.15) is 4.31 Å². The summed E-state index contributed by atoms with van der Waals surface area (Å²) in [7, 11) is -3.64. The van der Waals surface area contributed by atoms with Crippen LogP contribution in [0.4, 0.5) is 0 Å². The first kappa shape index (κ1) is 22.9. The van der Waals surface area contributed by atoms with E-state index < -0.39 is 22.6 Å². The Labute approximate surface area is 182 Å². The third kappa shape index (κ3) is 4.95. The maximum atomic E-state index is 12.6. The second-order valence-electron chi connectivity index (χ2n) is 7.22. The van der Waals surface area contributed by atoms with Crippen LogP contribution in [0.3, 0.4) is 0 Å². The van der Waals surface area contributed by atoms with Crippen LogP contribution in [-0.4, -0.2) is 62.0 Å². The van der Waals surface area contributed by atoms with Crippen LogP contribution >= 0.6 is 0 Å². The maximum absolute atomic E-state index is 12.6. The second-order valence-corrected chi connectivity index (χ2v) is 9.16. The van der Waals surface area contributed by atoms with Gasteiger partial charge in [0.05, 0.1) is 23.7 Å². The number of esters is 1. The number of aromatic nitrogens is 1. The maximum Gasteiger partial charge on any atom is 0.338 e. The lowest BCUT2D eigenvalue weighted by Crippen LogP contribution is -2.40. The Morgan fingerprint density at radius 2 is 1.81 bits per heavy atom. The molecule has 0 amide bonds. The smallest absolute Gasteiger partial charge is 0.338 e. The molecule has 0 unspecified atom stereocenters. The van der Waals surface area contributed by atoms with E-state index in [1.807, 2.05) is 18.4 Å². The molecule has 9 heteroatoms. The topological polar surface area (TPSA) is 94.9 Å². The number of ether oxygens (including phenoxy) is 2. The first-order valence-corrected chi connectivity index (χ1v) is 11.4. The number of aryl methyl sites for hydroxylation is 1. The third-order valence-electron chi connectivity index (χ3n) is 5.22. The zero-order valence-electron chi connectivity index (χ0n) is 17.7. The van der Waals surface area contributed by atoms with Gasteiger partial charge in [0.25, 0.3) is 0 Å². The molecule has 2 aromatic rings. The Hall–Kier alpha value is -2.75. The monoisotopic (exact) mass is 446 g/mol. The summed E-state index contributed by atoms with van der Waals surface area (Å²) < 4.78 is 38.9. The molecular weight excluding hydrogens is 420 g/mol. The second kappa shape index (κ2) is 9.59. The van der Waals surface area contributed by atoms with Crippen molar-refractivity contribution in [3.63, 3.8) is 0 Å². The molecule has 8 nitrogen and oxygen atoms in total. The van der Waals surface area contributed by atoms with Gasteiger partial charge in [0.2, 0.25) is 15.8 Å². The number of carbonyl (C=O) groups is 2. The Kier molecular flexibility index (Phi) is 7.09. The average Bonchev–Trinajstić information content (AvgIpc) is 3.06. The SMILES string of the molecule is C=CCn1c(C)cc(C(=O)COC(=O)c2ccc(S(=O)(=O)N3CCOCC3)cc2)c1C. The molecule has 1 aliphatic rings. The zero-order chi connectivity index (χ0) is 22.6. The van der Waals surface area contributed by atoms with Gasteiger partial charge in [-0.05, 0) is 44.2 Å². The Bertz CT molecular complexity index is 1080. The Morgan fingerprint density at radius 1 is 1.16 bits per heavy atom. The average molecular weight is 447 g/mol. The Balaban J connectivity index is 1.64. The molecule has 0 bridgehead atoms. The fourth-order valence-corrected chi connectivity index (χ4v) is 4.89. The van der Waals surface area contributed by atoms with Crippen molar-refractivity contribution < 1.29 is 27.5 Å². The number of hydrogen-bond donors (Lipinski definition) is 0. The van der Waals surface area contributed by atoms with Crippen LogP contribution in [0, 0.1) is 13.8 Å². The summed E-state index contributed by atoms with van der Waals surface area (Å²) in [6.45, 7) is 8.93. The van der Waals surface area contributed by atoms with E-state index in [1.165, 1.54) is 28.6 Å². The number of ketones is 1. The highest BCUT2D eigenvalue weighted by Crippen LogP contribution is 2.19. The van der Waals surface area contributed by atoms with Gasteiger partial charge in [0, 0.05) is 36.6 Å². The van der Waals surface area contributed by atoms with Crippen LogP contribution in [-0.2, 0) is 26.0 Å². The molecule has 0 atom stereocenters. The molecule has 0 aliphatic carbocycles. The predicted molar refractivity (Wildman–Crippen MR) is 115 cm³/mol. The minimum absolute atomic E-state index is 0.0942. The summed E-state index contributed by atoms with van der Waals surface area (Å²) in [5, 5.41) is 0. The lowest BCUT2D eigenvalue weighted by atomic mass is 10.1. The van der Waals surface area contributed by atoms with Crippen molar-refractivity contribution in [2.45, 2.75) is 25.3 Å². The van der Waals surface area contributed by atoms with Gasteiger partial charge in [-0.3, -0.25) is 4.79 Å². The summed E-state index contributed by atoms with van der Waals surface area (Å²) in [6, 6.07) is 7.27. The summed E-state index contributed by atoms with van der Waals surface area (Å²) in [4.78, 5) is 24.9. The van der Waals surface area contributed by atoms with Gasteiger partial charge in [-0.25, -0.2) is 13.2 Å². The number of nitrogens with zero attached hydrogens (tertiary/aromatic N) is 2. The number of sulfonamides is 1. The van der Waals surface area contributed by atoms with E-state index >= 15 is 0 Å². The van der Waals surface area contributed by atoms with Gasteiger partial charge < -0.3 is 14.0 Å². The number of allylic oxidation sites excluding steroid dienone is 1. The molecule has 166 valence electrons. The van der Waals surface area contributed by atoms with Gasteiger partial charge in [-0.15, -0.1) is 6.58 Å². The first-order valence-electron chi connectivity index (χ1n) is 9.91. The van der Waals surface area contributed by atoms with E-state index in [4.69, 9.17) is 9.47 Å². The van der Waals surface area contributed by atoms with Crippen LogP contribution in [0.15, 0.2) is 47.9 Å². The predicted octanol–water partition coefficient (Wildman–Crippen LogP) is 2.35. The van der Waals surface area contributed by atoms with Crippen molar-refractivity contribution in [1.82, 2.24) is 8.87 Å². The van der Waals surface area contributed by atoms with Crippen LogP contribution in [0.1, 0.15) is 32.1 Å². The molecule has 0 spiro atoms. The minimum Gasteiger partial charge on any atom is -0.454 e. The van der Waals surface area contributed by atoms with E-state index in [0.29, 0.717) is 38.4 Å².